The van der Waals surface area contributed by atoms with Crippen LogP contribution in [0.5, 0.6) is 0 Å². The van der Waals surface area contributed by atoms with Crippen LogP contribution >= 0.6 is 0 Å². The van der Waals surface area contributed by atoms with Gasteiger partial charge in [-0.05, 0) is 59.7 Å². The van der Waals surface area contributed by atoms with E-state index < -0.39 is 10.1 Å². The van der Waals surface area contributed by atoms with Crippen LogP contribution in [0.2, 0.25) is 0 Å². The molecule has 2 rings (SSSR count). The van der Waals surface area contributed by atoms with Crippen molar-refractivity contribution in [2.75, 3.05) is 0 Å². The number of rotatable bonds is 25. The molecule has 0 N–H and O–H groups in total. The molecule has 41 heavy (non-hydrogen) atoms. The van der Waals surface area contributed by atoms with Gasteiger partial charge in [0.15, 0.2) is 0 Å². The van der Waals surface area contributed by atoms with Crippen molar-refractivity contribution in [1.29, 1.82) is 0 Å². The van der Waals surface area contributed by atoms with Crippen LogP contribution in [0.4, 0.5) is 0 Å². The Kier molecular flexibility index (Phi) is 23.5. The first-order chi connectivity index (χ1) is 19.5. The van der Waals surface area contributed by atoms with Crippen LogP contribution in [0.1, 0.15) is 166 Å². The summed E-state index contributed by atoms with van der Waals surface area (Å²) < 4.78 is 35.0. The van der Waals surface area contributed by atoms with Gasteiger partial charge in [-0.2, -0.15) is 0 Å². The summed E-state index contributed by atoms with van der Waals surface area (Å²) in [5.41, 5.74) is 2.59. The molecule has 0 unspecified atom stereocenters. The standard InChI is InChI=1S/C36H60O3S.K/c1-3-5-7-9-11-13-15-17-19-21-23-25-32-29-33(26-24-22-20-18-16-14-12-10-8-6-4-2)36-28-27-35(40(37,38)39)31-34(36)30-32;/h27-31H,3-26H2,1-2H3,(H,37,38,39);/q;+1/p-1. The molecule has 0 bridgehead atoms. The van der Waals surface area contributed by atoms with Crippen molar-refractivity contribution in [2.24, 2.45) is 0 Å². The Balaban J connectivity index is 0.00000840. The van der Waals surface area contributed by atoms with Crippen molar-refractivity contribution in [1.82, 2.24) is 0 Å². The van der Waals surface area contributed by atoms with E-state index >= 15 is 0 Å². The first-order valence-corrected chi connectivity index (χ1v) is 18.4. The molecule has 228 valence electrons. The van der Waals surface area contributed by atoms with Crippen LogP contribution in [-0.4, -0.2) is 13.0 Å². The van der Waals surface area contributed by atoms with E-state index in [2.05, 4.69) is 26.0 Å². The molecular weight excluding hydrogens is 552 g/mol. The first kappa shape index (κ1) is 39.3. The van der Waals surface area contributed by atoms with Gasteiger partial charge in [0, 0.05) is 0 Å². The third kappa shape index (κ3) is 18.0. The Morgan fingerprint density at radius 3 is 1.39 bits per heavy atom. The molecule has 0 heterocycles. The second-order valence-electron chi connectivity index (χ2n) is 12.2. The quantitative estimate of drug-likeness (QED) is 0.0644. The molecule has 3 nitrogen and oxygen atoms in total. The van der Waals surface area contributed by atoms with Gasteiger partial charge < -0.3 is 4.55 Å². The maximum absolute atomic E-state index is 11.7. The van der Waals surface area contributed by atoms with E-state index in [9.17, 15) is 13.0 Å². The zero-order valence-corrected chi connectivity index (χ0v) is 30.9. The van der Waals surface area contributed by atoms with E-state index in [0.717, 1.165) is 30.0 Å². The van der Waals surface area contributed by atoms with Gasteiger partial charge >= 0.3 is 51.4 Å². The molecule has 0 amide bonds. The molecule has 2 aromatic rings. The summed E-state index contributed by atoms with van der Waals surface area (Å²) in [5, 5.41) is 2.00. The summed E-state index contributed by atoms with van der Waals surface area (Å²) in [6.45, 7) is 4.54. The van der Waals surface area contributed by atoms with Gasteiger partial charge in [-0.15, -0.1) is 0 Å². The van der Waals surface area contributed by atoms with Crippen LogP contribution < -0.4 is 51.4 Å². The first-order valence-electron chi connectivity index (χ1n) is 17.0. The molecule has 0 saturated heterocycles. The van der Waals surface area contributed by atoms with Gasteiger partial charge in [0.2, 0.25) is 0 Å². The summed E-state index contributed by atoms with van der Waals surface area (Å²) in [7, 11) is -4.45. The summed E-state index contributed by atoms with van der Waals surface area (Å²) >= 11 is 0. The number of aryl methyl sites for hydroxylation is 2. The maximum Gasteiger partial charge on any atom is 1.00 e. The Bertz CT molecular complexity index is 1030. The predicted octanol–water partition coefficient (Wildman–Crippen LogP) is 8.45. The van der Waals surface area contributed by atoms with E-state index in [0.29, 0.717) is 0 Å². The second-order valence-corrected chi connectivity index (χ2v) is 13.5. The van der Waals surface area contributed by atoms with Crippen molar-refractivity contribution < 1.29 is 64.4 Å². The molecule has 0 spiro atoms. The SMILES string of the molecule is CCCCCCCCCCCCCc1cc(CCCCCCCCCCCCC)c2ccc(S(=O)(=O)[O-])cc2c1.[K+]. The molecule has 0 aliphatic rings. The van der Waals surface area contributed by atoms with E-state index in [-0.39, 0.29) is 56.3 Å². The van der Waals surface area contributed by atoms with Gasteiger partial charge in [0.1, 0.15) is 10.1 Å². The molecule has 0 aliphatic carbocycles. The zero-order valence-electron chi connectivity index (χ0n) is 27.0. The zero-order chi connectivity index (χ0) is 28.9. The van der Waals surface area contributed by atoms with E-state index in [1.165, 1.54) is 152 Å². The van der Waals surface area contributed by atoms with Crippen LogP contribution in [0.25, 0.3) is 10.8 Å². The molecule has 2 aromatic carbocycles. The molecule has 5 heteroatoms. The van der Waals surface area contributed by atoms with E-state index in [1.54, 1.807) is 6.07 Å². The summed E-state index contributed by atoms with van der Waals surface area (Å²) in [5.74, 6) is 0. The third-order valence-electron chi connectivity index (χ3n) is 8.48. The normalized spacial score (nSPS) is 11.7. The molecule has 0 aliphatic heterocycles. The van der Waals surface area contributed by atoms with Crippen LogP contribution in [0.3, 0.4) is 0 Å². The van der Waals surface area contributed by atoms with Crippen molar-refractivity contribution in [3.63, 3.8) is 0 Å². The van der Waals surface area contributed by atoms with Crippen LogP contribution in [-0.2, 0) is 23.0 Å². The van der Waals surface area contributed by atoms with Crippen LogP contribution in [0, 0.1) is 0 Å². The Morgan fingerprint density at radius 2 is 0.951 bits per heavy atom. The fourth-order valence-electron chi connectivity index (χ4n) is 5.98. The minimum absolute atomic E-state index is 0. The van der Waals surface area contributed by atoms with Gasteiger partial charge in [-0.1, -0.05) is 160 Å². The minimum atomic E-state index is -4.45. The monoisotopic (exact) mass is 610 g/mol. The number of benzene rings is 2. The second kappa shape index (κ2) is 24.6. The maximum atomic E-state index is 11.7. The largest absolute Gasteiger partial charge is 1.00 e. The van der Waals surface area contributed by atoms with Gasteiger partial charge in [-0.3, -0.25) is 0 Å². The predicted molar refractivity (Wildman–Crippen MR) is 172 cm³/mol. The summed E-state index contributed by atoms with van der Waals surface area (Å²) in [6.07, 6.45) is 31.3. The van der Waals surface area contributed by atoms with E-state index in [4.69, 9.17) is 0 Å². The third-order valence-corrected chi connectivity index (χ3v) is 9.31. The van der Waals surface area contributed by atoms with Crippen LogP contribution in [0.15, 0.2) is 35.2 Å². The summed E-state index contributed by atoms with van der Waals surface area (Å²) in [4.78, 5) is -0.118. The Labute approximate surface area is 296 Å². The fourth-order valence-corrected chi connectivity index (χ4v) is 6.48. The van der Waals surface area contributed by atoms with Crippen molar-refractivity contribution in [3.8, 4) is 0 Å². The Hall–Kier alpha value is 0.246. The van der Waals surface area contributed by atoms with Gasteiger partial charge in [0.05, 0.1) is 4.90 Å². The number of fused-ring (bicyclic) bond motifs is 1. The topological polar surface area (TPSA) is 57.2 Å². The number of unbranched alkanes of at least 4 members (excludes halogenated alkanes) is 20. The van der Waals surface area contributed by atoms with E-state index in [1.807, 2.05) is 6.07 Å². The molecule has 0 atom stereocenters. The molecular formula is C36H59KO3S. The molecule has 0 fully saturated rings. The molecule has 0 saturated carbocycles. The average molecular weight is 611 g/mol. The average Bonchev–Trinajstić information content (AvgIpc) is 2.93. The smallest absolute Gasteiger partial charge is 0.744 e. The van der Waals surface area contributed by atoms with Gasteiger partial charge in [-0.25, -0.2) is 8.42 Å². The van der Waals surface area contributed by atoms with Crippen molar-refractivity contribution in [3.05, 3.63) is 41.5 Å². The van der Waals surface area contributed by atoms with Gasteiger partial charge in [0.25, 0.3) is 0 Å². The molecule has 0 radical (unpaired) electrons. The number of hydrogen-bond donors (Lipinski definition) is 0. The summed E-state index contributed by atoms with van der Waals surface area (Å²) in [6, 6.07) is 9.38. The Morgan fingerprint density at radius 1 is 0.537 bits per heavy atom. The fraction of sp³-hybridized carbons (Fsp3) is 0.722. The molecule has 0 aromatic heterocycles. The van der Waals surface area contributed by atoms with Crippen molar-refractivity contribution in [2.45, 2.75) is 173 Å². The van der Waals surface area contributed by atoms with Crippen molar-refractivity contribution >= 4 is 20.9 Å². The minimum Gasteiger partial charge on any atom is -0.744 e. The number of hydrogen-bond acceptors (Lipinski definition) is 3.